The summed E-state index contributed by atoms with van der Waals surface area (Å²) in [6.07, 6.45) is 5.13. The number of benzene rings is 1. The number of anilines is 2. The molecule has 0 radical (unpaired) electrons. The second-order valence-corrected chi connectivity index (χ2v) is 7.12. The summed E-state index contributed by atoms with van der Waals surface area (Å²) >= 11 is 0. The van der Waals surface area contributed by atoms with Gasteiger partial charge in [-0.3, -0.25) is 0 Å². The van der Waals surface area contributed by atoms with Gasteiger partial charge in [-0.25, -0.2) is 24.3 Å². The van der Waals surface area contributed by atoms with Crippen LogP contribution in [-0.4, -0.2) is 46.6 Å². The van der Waals surface area contributed by atoms with Crippen molar-refractivity contribution in [1.82, 2.24) is 19.9 Å². The molecule has 0 amide bonds. The van der Waals surface area contributed by atoms with Crippen molar-refractivity contribution in [1.29, 1.82) is 0 Å². The highest BCUT2D eigenvalue weighted by Crippen LogP contribution is 2.28. The summed E-state index contributed by atoms with van der Waals surface area (Å²) < 4.78 is 14.2. The molecule has 1 aliphatic heterocycles. The van der Waals surface area contributed by atoms with Gasteiger partial charge in [-0.15, -0.1) is 0 Å². The van der Waals surface area contributed by atoms with Crippen molar-refractivity contribution in [2.45, 2.75) is 19.8 Å². The Morgan fingerprint density at radius 1 is 1.07 bits per heavy atom. The zero-order chi connectivity index (χ0) is 18.8. The highest BCUT2D eigenvalue weighted by Gasteiger charge is 2.24. The number of hydrogen-bond donors (Lipinski definition) is 0. The summed E-state index contributed by atoms with van der Waals surface area (Å²) in [7, 11) is 1.90. The zero-order valence-corrected chi connectivity index (χ0v) is 15.6. The summed E-state index contributed by atoms with van der Waals surface area (Å²) in [6, 6.07) is 8.11. The van der Waals surface area contributed by atoms with Crippen LogP contribution in [0.5, 0.6) is 0 Å². The topological polar surface area (TPSA) is 58.0 Å². The Morgan fingerprint density at radius 2 is 1.81 bits per heavy atom. The van der Waals surface area contributed by atoms with E-state index in [9.17, 15) is 4.39 Å². The van der Waals surface area contributed by atoms with E-state index in [0.717, 1.165) is 49.2 Å². The Kier molecular flexibility index (Phi) is 4.83. The second-order valence-electron chi connectivity index (χ2n) is 7.12. The quantitative estimate of drug-likeness (QED) is 0.707. The number of aryl methyl sites for hydroxylation is 1. The van der Waals surface area contributed by atoms with E-state index >= 15 is 0 Å². The maximum absolute atomic E-state index is 14.2. The van der Waals surface area contributed by atoms with Crippen LogP contribution in [0.1, 0.15) is 18.5 Å². The second kappa shape index (κ2) is 7.42. The molecule has 1 fully saturated rings. The molecule has 0 aliphatic carbocycles. The summed E-state index contributed by atoms with van der Waals surface area (Å²) in [5.41, 5.74) is 1.36. The fourth-order valence-corrected chi connectivity index (χ4v) is 3.76. The van der Waals surface area contributed by atoms with Crippen LogP contribution in [-0.2, 0) is 0 Å². The molecule has 0 unspecified atom stereocenters. The molecule has 3 heterocycles. The maximum atomic E-state index is 14.2. The van der Waals surface area contributed by atoms with E-state index in [1.807, 2.05) is 30.1 Å². The zero-order valence-electron chi connectivity index (χ0n) is 15.6. The number of aromatic nitrogens is 4. The van der Waals surface area contributed by atoms with Crippen LogP contribution < -0.4 is 9.80 Å². The smallest absolute Gasteiger partial charge is 0.186 e. The van der Waals surface area contributed by atoms with Crippen molar-refractivity contribution < 1.29 is 4.39 Å². The van der Waals surface area contributed by atoms with Gasteiger partial charge in [0.15, 0.2) is 11.6 Å². The maximum Gasteiger partial charge on any atom is 0.186 e. The predicted octanol–water partition coefficient (Wildman–Crippen LogP) is 3.22. The number of fused-ring (bicyclic) bond motifs is 1. The van der Waals surface area contributed by atoms with Gasteiger partial charge in [0.2, 0.25) is 0 Å². The minimum absolute atomic E-state index is 0.329. The van der Waals surface area contributed by atoms with Gasteiger partial charge in [0.25, 0.3) is 0 Å². The van der Waals surface area contributed by atoms with Gasteiger partial charge in [0.1, 0.15) is 18.5 Å². The van der Waals surface area contributed by atoms with Crippen LogP contribution in [0.4, 0.5) is 16.0 Å². The molecule has 7 heteroatoms. The Hall–Kier alpha value is -2.83. The predicted molar refractivity (Wildman–Crippen MR) is 104 cm³/mol. The summed E-state index contributed by atoms with van der Waals surface area (Å²) in [4.78, 5) is 21.1. The van der Waals surface area contributed by atoms with Gasteiger partial charge in [-0.1, -0.05) is 12.1 Å². The lowest BCUT2D eigenvalue weighted by Crippen LogP contribution is -2.38. The molecule has 27 heavy (non-hydrogen) atoms. The van der Waals surface area contributed by atoms with Crippen LogP contribution >= 0.6 is 0 Å². The molecule has 6 nitrogen and oxygen atoms in total. The monoisotopic (exact) mass is 366 g/mol. The number of rotatable bonds is 4. The first-order valence-electron chi connectivity index (χ1n) is 9.26. The van der Waals surface area contributed by atoms with Crippen molar-refractivity contribution in [3.05, 3.63) is 48.4 Å². The van der Waals surface area contributed by atoms with Crippen LogP contribution in [0.15, 0.2) is 36.9 Å². The Bertz CT molecular complexity index is 933. The van der Waals surface area contributed by atoms with Gasteiger partial charge >= 0.3 is 0 Å². The largest absolute Gasteiger partial charge is 0.357 e. The fraction of sp³-hybridized carbons (Fsp3) is 0.400. The van der Waals surface area contributed by atoms with E-state index in [-0.39, 0.29) is 5.82 Å². The Labute approximate surface area is 158 Å². The highest BCUT2D eigenvalue weighted by atomic mass is 19.1. The lowest BCUT2D eigenvalue weighted by Gasteiger charge is -2.35. The lowest BCUT2D eigenvalue weighted by atomic mass is 9.96. The fourth-order valence-electron chi connectivity index (χ4n) is 3.76. The average molecular weight is 366 g/mol. The standard InChI is InChI=1S/C20H23FN6/c1-14-18(21)20(25-12-22-14)26(2)11-15-7-9-27(10-8-15)19-16-5-3-4-6-17(16)23-13-24-19/h3-6,12-13,15H,7-11H2,1-2H3. The number of para-hydroxylation sites is 1. The van der Waals surface area contributed by atoms with Crippen LogP contribution in [0, 0.1) is 18.7 Å². The van der Waals surface area contributed by atoms with Crippen molar-refractivity contribution in [3.63, 3.8) is 0 Å². The van der Waals surface area contributed by atoms with Gasteiger partial charge < -0.3 is 9.80 Å². The molecule has 0 saturated carbocycles. The molecular weight excluding hydrogens is 343 g/mol. The highest BCUT2D eigenvalue weighted by molar-refractivity contribution is 5.89. The van der Waals surface area contributed by atoms with E-state index in [1.54, 1.807) is 13.3 Å². The van der Waals surface area contributed by atoms with Gasteiger partial charge in [0.05, 0.1) is 11.2 Å². The Morgan fingerprint density at radius 3 is 2.63 bits per heavy atom. The summed E-state index contributed by atoms with van der Waals surface area (Å²) in [5.74, 6) is 1.55. The number of nitrogens with zero attached hydrogens (tertiary/aromatic N) is 6. The third-order valence-electron chi connectivity index (χ3n) is 5.27. The molecular formula is C20H23FN6. The summed E-state index contributed by atoms with van der Waals surface area (Å²) in [6.45, 7) is 4.32. The molecule has 3 aromatic rings. The van der Waals surface area contributed by atoms with Gasteiger partial charge in [-0.05, 0) is 37.8 Å². The first kappa shape index (κ1) is 17.6. The molecule has 0 bridgehead atoms. The van der Waals surface area contributed by atoms with Crippen molar-refractivity contribution in [3.8, 4) is 0 Å². The van der Waals surface area contributed by atoms with Crippen molar-refractivity contribution >= 4 is 22.5 Å². The van der Waals surface area contributed by atoms with Crippen LogP contribution in [0.25, 0.3) is 10.9 Å². The molecule has 0 atom stereocenters. The van der Waals surface area contributed by atoms with E-state index in [4.69, 9.17) is 0 Å². The molecule has 0 N–H and O–H groups in total. The third kappa shape index (κ3) is 3.54. The SMILES string of the molecule is Cc1ncnc(N(C)CC2CCN(c3ncnc4ccccc34)CC2)c1F. The first-order chi connectivity index (χ1) is 13.1. The van der Waals surface area contributed by atoms with Crippen molar-refractivity contribution in [2.24, 2.45) is 5.92 Å². The number of piperidine rings is 1. The van der Waals surface area contributed by atoms with Crippen LogP contribution in [0.2, 0.25) is 0 Å². The van der Waals surface area contributed by atoms with Gasteiger partial charge in [0, 0.05) is 32.1 Å². The van der Waals surface area contributed by atoms with E-state index in [0.29, 0.717) is 17.4 Å². The number of hydrogen-bond acceptors (Lipinski definition) is 6. The molecule has 1 aromatic carbocycles. The van der Waals surface area contributed by atoms with Crippen molar-refractivity contribution in [2.75, 3.05) is 36.5 Å². The van der Waals surface area contributed by atoms with E-state index < -0.39 is 0 Å². The molecule has 0 spiro atoms. The van der Waals surface area contributed by atoms with E-state index in [1.165, 1.54) is 6.33 Å². The lowest BCUT2D eigenvalue weighted by molar-refractivity contribution is 0.405. The normalized spacial score (nSPS) is 15.3. The average Bonchev–Trinajstić information content (AvgIpc) is 2.70. The molecule has 2 aromatic heterocycles. The molecule has 140 valence electrons. The number of halogens is 1. The van der Waals surface area contributed by atoms with E-state index in [2.05, 4.69) is 30.9 Å². The van der Waals surface area contributed by atoms with Crippen LogP contribution in [0.3, 0.4) is 0 Å². The Balaban J connectivity index is 1.42. The minimum atomic E-state index is -0.329. The first-order valence-corrected chi connectivity index (χ1v) is 9.26. The summed E-state index contributed by atoms with van der Waals surface area (Å²) in [5, 5.41) is 1.09. The third-order valence-corrected chi connectivity index (χ3v) is 5.27. The molecule has 1 saturated heterocycles. The minimum Gasteiger partial charge on any atom is -0.357 e. The molecule has 1 aliphatic rings. The molecule has 4 rings (SSSR count). The van der Waals surface area contributed by atoms with Gasteiger partial charge in [-0.2, -0.15) is 0 Å².